The zero-order valence-electron chi connectivity index (χ0n) is 18.3. The molecule has 2 aliphatic heterocycles. The lowest BCUT2D eigenvalue weighted by atomic mass is 10.0. The number of aliphatic hydroxyl groups is 6. The quantitative estimate of drug-likeness (QED) is 0.190. The molecule has 16 heteroatoms. The number of rotatable bonds is 4. The van der Waals surface area contributed by atoms with Crippen LogP contribution in [0.25, 0.3) is 0 Å². The lowest BCUT2D eigenvalue weighted by molar-refractivity contribution is -0.0233. The van der Waals surface area contributed by atoms with Gasteiger partial charge in [-0.2, -0.15) is 0 Å². The van der Waals surface area contributed by atoms with E-state index in [-0.39, 0.29) is 11.1 Å². The molecule has 2 saturated heterocycles. The van der Waals surface area contributed by atoms with Crippen molar-refractivity contribution >= 4 is 0 Å². The molecule has 0 aromatic carbocycles. The molecule has 9 N–H and O–H groups in total. The average Bonchev–Trinajstić information content (AvgIpc) is 3.28. The molecule has 16 nitrogen and oxygen atoms in total. The van der Waals surface area contributed by atoms with Crippen molar-refractivity contribution < 1.29 is 40.1 Å². The summed E-state index contributed by atoms with van der Waals surface area (Å²) in [4.78, 5) is 51.9. The molecule has 2 aromatic rings. The summed E-state index contributed by atoms with van der Waals surface area (Å²) < 4.78 is 11.2. The van der Waals surface area contributed by atoms with E-state index in [9.17, 15) is 39.6 Å². The summed E-state index contributed by atoms with van der Waals surface area (Å²) in [6.07, 6.45) is -7.04. The first-order chi connectivity index (χ1) is 16.5. The minimum Gasteiger partial charge on any atom is -0.394 e. The van der Waals surface area contributed by atoms with Gasteiger partial charge in [-0.25, -0.2) is 9.59 Å². The van der Waals surface area contributed by atoms with E-state index in [4.69, 9.17) is 19.7 Å². The fraction of sp³-hybridized carbons (Fsp3) is 0.579. The first-order valence-electron chi connectivity index (χ1n) is 10.4. The second-order valence-electron chi connectivity index (χ2n) is 7.96. The summed E-state index contributed by atoms with van der Waals surface area (Å²) in [5.41, 5.74) is -2.56. The van der Waals surface area contributed by atoms with Crippen LogP contribution in [0, 0.1) is 0 Å². The van der Waals surface area contributed by atoms with Crippen molar-refractivity contribution in [1.82, 2.24) is 19.5 Å². The van der Waals surface area contributed by atoms with E-state index in [1.165, 1.54) is 7.05 Å². The minimum absolute atomic E-state index is 0.00731. The Morgan fingerprint density at radius 3 is 1.74 bits per heavy atom. The predicted octanol–water partition coefficient (Wildman–Crippen LogP) is -5.56. The van der Waals surface area contributed by atoms with Crippen LogP contribution in [-0.4, -0.2) is 100.0 Å². The summed E-state index contributed by atoms with van der Waals surface area (Å²) in [5.74, 6) is 0. The highest BCUT2D eigenvalue weighted by atomic mass is 16.6. The number of nitrogens with zero attached hydrogens (tertiary/aromatic N) is 1. The highest BCUT2D eigenvalue weighted by Gasteiger charge is 2.45. The van der Waals surface area contributed by atoms with E-state index < -0.39 is 84.5 Å². The van der Waals surface area contributed by atoms with Gasteiger partial charge in [0.2, 0.25) is 0 Å². The van der Waals surface area contributed by atoms with Crippen molar-refractivity contribution in [2.45, 2.75) is 48.8 Å². The van der Waals surface area contributed by atoms with Crippen molar-refractivity contribution in [3.05, 3.63) is 65.2 Å². The summed E-state index contributed by atoms with van der Waals surface area (Å²) in [5, 5.41) is 56.4. The Kier molecular flexibility index (Phi) is 8.18. The lowest BCUT2D eigenvalue weighted by Crippen LogP contribution is -2.37. The molecule has 0 bridgehead atoms. The molecule has 2 aliphatic rings. The van der Waals surface area contributed by atoms with E-state index in [2.05, 4.69) is 9.97 Å². The first-order valence-corrected chi connectivity index (χ1v) is 10.4. The number of aliphatic hydroxyl groups excluding tert-OH is 6. The van der Waals surface area contributed by atoms with E-state index in [0.717, 1.165) is 17.0 Å². The molecule has 4 rings (SSSR count). The standard InChI is InChI=1S/C10H14N2O6.C9H12N2O6/c1-12-9(16)4(2-11-10(12)17)8-7(15)6(14)5(3-13)18-8;12-2-4-5(13)6(14)7(17-4)3-1-10-9(16)11-8(3)15/h2,5-8,13-15H,3H2,1H3,(H,11,17);1,4-7,12-14H,2H2,(H2,10,11,15,16)/t5-,6-,7-,8+;4-,5-,6-,7+/m11/s1. The van der Waals surface area contributed by atoms with Crippen LogP contribution in [0.15, 0.2) is 31.6 Å². The van der Waals surface area contributed by atoms with Gasteiger partial charge in [-0.1, -0.05) is 0 Å². The maximum Gasteiger partial charge on any atom is 0.328 e. The number of H-pyrrole nitrogens is 3. The predicted molar refractivity (Wildman–Crippen MR) is 113 cm³/mol. The molecule has 4 heterocycles. The van der Waals surface area contributed by atoms with Crippen LogP contribution >= 0.6 is 0 Å². The summed E-state index contributed by atoms with van der Waals surface area (Å²) >= 11 is 0. The Hall–Kier alpha value is -2.96. The summed E-state index contributed by atoms with van der Waals surface area (Å²) in [6, 6.07) is 0. The van der Waals surface area contributed by atoms with Crippen molar-refractivity contribution in [3.8, 4) is 0 Å². The zero-order chi connectivity index (χ0) is 26.0. The molecule has 2 fully saturated rings. The fourth-order valence-corrected chi connectivity index (χ4v) is 3.73. The second-order valence-corrected chi connectivity index (χ2v) is 7.96. The first kappa shape index (κ1) is 26.6. The van der Waals surface area contributed by atoms with Gasteiger partial charge >= 0.3 is 11.4 Å². The monoisotopic (exact) mass is 502 g/mol. The summed E-state index contributed by atoms with van der Waals surface area (Å²) in [7, 11) is 1.28. The van der Waals surface area contributed by atoms with Crippen molar-refractivity contribution in [3.63, 3.8) is 0 Å². The van der Waals surface area contributed by atoms with Gasteiger partial charge in [0.15, 0.2) is 0 Å². The van der Waals surface area contributed by atoms with Crippen LogP contribution in [0.3, 0.4) is 0 Å². The van der Waals surface area contributed by atoms with Crippen molar-refractivity contribution in [2.24, 2.45) is 7.05 Å². The summed E-state index contributed by atoms with van der Waals surface area (Å²) in [6.45, 7) is -0.950. The Morgan fingerprint density at radius 2 is 1.29 bits per heavy atom. The SMILES string of the molecule is Cn1c(=O)[nH]cc([C@@H]2O[C@H](CO)[C@@H](O)[C@H]2O)c1=O.O=c1[nH]cc([C@@H]2O[C@H](CO)[C@@H](O)[C@H]2O)c(=O)[nH]1. The van der Waals surface area contributed by atoms with Crippen molar-refractivity contribution in [1.29, 1.82) is 0 Å². The number of hydrogen-bond donors (Lipinski definition) is 9. The van der Waals surface area contributed by atoms with E-state index in [1.807, 2.05) is 4.98 Å². The van der Waals surface area contributed by atoms with Crippen LogP contribution in [0.2, 0.25) is 0 Å². The van der Waals surface area contributed by atoms with Gasteiger partial charge in [-0.05, 0) is 0 Å². The number of nitrogens with one attached hydrogen (secondary N) is 3. The van der Waals surface area contributed by atoms with Crippen LogP contribution in [-0.2, 0) is 16.5 Å². The van der Waals surface area contributed by atoms with Gasteiger partial charge in [0.1, 0.15) is 48.8 Å². The molecule has 0 spiro atoms. The van der Waals surface area contributed by atoms with Crippen LogP contribution in [0.1, 0.15) is 23.3 Å². The van der Waals surface area contributed by atoms with Gasteiger partial charge in [0, 0.05) is 19.4 Å². The molecule has 0 aliphatic carbocycles. The molecule has 8 atom stereocenters. The van der Waals surface area contributed by atoms with Crippen molar-refractivity contribution in [2.75, 3.05) is 13.2 Å². The number of hydrogen-bond acceptors (Lipinski definition) is 12. The molecule has 0 saturated carbocycles. The van der Waals surface area contributed by atoms with Crippen LogP contribution in [0.5, 0.6) is 0 Å². The topological polar surface area (TPSA) is 260 Å². The normalized spacial score (nSPS) is 32.3. The zero-order valence-corrected chi connectivity index (χ0v) is 18.3. The molecular formula is C19H26N4O12. The molecule has 35 heavy (non-hydrogen) atoms. The maximum absolute atomic E-state index is 11.8. The van der Waals surface area contributed by atoms with E-state index in [1.54, 1.807) is 0 Å². The molecular weight excluding hydrogens is 476 g/mol. The van der Waals surface area contributed by atoms with Gasteiger partial charge < -0.3 is 50.1 Å². The van der Waals surface area contributed by atoms with Crippen LogP contribution < -0.4 is 22.5 Å². The Labute approximate surface area is 194 Å². The minimum atomic E-state index is -1.33. The number of aromatic amines is 3. The number of aromatic nitrogens is 4. The second kappa shape index (κ2) is 10.8. The third-order valence-electron chi connectivity index (χ3n) is 5.75. The maximum atomic E-state index is 11.8. The molecule has 0 unspecified atom stereocenters. The number of ether oxygens (including phenoxy) is 2. The molecule has 0 amide bonds. The Bertz CT molecular complexity index is 1250. The third-order valence-corrected chi connectivity index (χ3v) is 5.75. The Morgan fingerprint density at radius 1 is 0.800 bits per heavy atom. The fourth-order valence-electron chi connectivity index (χ4n) is 3.73. The van der Waals surface area contributed by atoms with E-state index >= 15 is 0 Å². The van der Waals surface area contributed by atoms with Gasteiger partial charge in [-0.15, -0.1) is 0 Å². The van der Waals surface area contributed by atoms with Gasteiger partial charge in [-0.3, -0.25) is 19.1 Å². The van der Waals surface area contributed by atoms with Gasteiger partial charge in [0.05, 0.1) is 24.3 Å². The smallest absolute Gasteiger partial charge is 0.328 e. The lowest BCUT2D eigenvalue weighted by Gasteiger charge is -2.14. The van der Waals surface area contributed by atoms with E-state index in [0.29, 0.717) is 0 Å². The molecule has 194 valence electrons. The third kappa shape index (κ3) is 5.19. The largest absolute Gasteiger partial charge is 0.394 e. The highest BCUT2D eigenvalue weighted by Crippen LogP contribution is 2.32. The average molecular weight is 502 g/mol. The highest BCUT2D eigenvalue weighted by molar-refractivity contribution is 5.14. The molecule has 0 radical (unpaired) electrons. The van der Waals surface area contributed by atoms with Crippen LogP contribution in [0.4, 0.5) is 0 Å². The van der Waals surface area contributed by atoms with Gasteiger partial charge in [0.25, 0.3) is 11.1 Å². The Balaban J connectivity index is 0.000000196. The molecule has 2 aromatic heterocycles.